The summed E-state index contributed by atoms with van der Waals surface area (Å²) in [4.78, 5) is 16.9. The number of nitrogens with one attached hydrogen (secondary N) is 1. The second-order valence-electron chi connectivity index (χ2n) is 7.43. The fourth-order valence-electron chi connectivity index (χ4n) is 3.39. The molecule has 1 saturated heterocycles. The van der Waals surface area contributed by atoms with Gasteiger partial charge < -0.3 is 9.80 Å². The van der Waals surface area contributed by atoms with Gasteiger partial charge in [0.15, 0.2) is 0 Å². The quantitative estimate of drug-likeness (QED) is 0.755. The fraction of sp³-hybridized carbons (Fsp3) is 0.409. The molecule has 0 spiro atoms. The van der Waals surface area contributed by atoms with Crippen LogP contribution in [0.2, 0.25) is 0 Å². The lowest BCUT2D eigenvalue weighted by Gasteiger charge is -2.34. The molecule has 29 heavy (non-hydrogen) atoms. The molecule has 0 aliphatic carbocycles. The van der Waals surface area contributed by atoms with Crippen LogP contribution in [0.15, 0.2) is 53.4 Å². The molecule has 156 valence electrons. The van der Waals surface area contributed by atoms with Crippen molar-refractivity contribution in [2.24, 2.45) is 0 Å². The number of amides is 1. The summed E-state index contributed by atoms with van der Waals surface area (Å²) in [6, 6.07) is 14.0. The molecule has 1 N–H and O–H groups in total. The van der Waals surface area contributed by atoms with E-state index in [9.17, 15) is 13.2 Å². The Bertz CT molecular complexity index is 917. The van der Waals surface area contributed by atoms with Gasteiger partial charge in [-0.1, -0.05) is 36.8 Å². The predicted octanol–water partition coefficient (Wildman–Crippen LogP) is 2.89. The van der Waals surface area contributed by atoms with Crippen molar-refractivity contribution in [2.45, 2.75) is 31.6 Å². The molecule has 3 rings (SSSR count). The molecule has 0 bridgehead atoms. The topological polar surface area (TPSA) is 69.7 Å². The van der Waals surface area contributed by atoms with Crippen LogP contribution in [0.4, 0.5) is 5.69 Å². The lowest BCUT2D eigenvalue weighted by molar-refractivity contribution is -0.132. The van der Waals surface area contributed by atoms with E-state index in [2.05, 4.69) is 16.5 Å². The number of hydrogen-bond acceptors (Lipinski definition) is 4. The van der Waals surface area contributed by atoms with Crippen LogP contribution in [-0.4, -0.2) is 56.8 Å². The van der Waals surface area contributed by atoms with Gasteiger partial charge in [0.05, 0.1) is 4.90 Å². The number of sulfonamides is 1. The summed E-state index contributed by atoms with van der Waals surface area (Å²) in [6.07, 6.45) is 1.05. The van der Waals surface area contributed by atoms with Crippen molar-refractivity contribution >= 4 is 21.6 Å². The van der Waals surface area contributed by atoms with Crippen molar-refractivity contribution in [2.75, 3.05) is 37.4 Å². The van der Waals surface area contributed by atoms with Gasteiger partial charge in [-0.3, -0.25) is 9.52 Å². The first-order valence-electron chi connectivity index (χ1n) is 10.1. The van der Waals surface area contributed by atoms with E-state index in [-0.39, 0.29) is 10.8 Å². The Balaban J connectivity index is 1.54. The molecule has 0 unspecified atom stereocenters. The smallest absolute Gasteiger partial charge is 0.261 e. The summed E-state index contributed by atoms with van der Waals surface area (Å²) in [6.45, 7) is 8.55. The van der Waals surface area contributed by atoms with Crippen molar-refractivity contribution in [1.29, 1.82) is 0 Å². The molecule has 1 aliphatic heterocycles. The molecule has 1 fully saturated rings. The number of aryl methyl sites for hydroxylation is 2. The molecule has 6 nitrogen and oxygen atoms in total. The Morgan fingerprint density at radius 2 is 1.59 bits per heavy atom. The number of carbonyl (C=O) groups is 1. The van der Waals surface area contributed by atoms with Gasteiger partial charge in [0.1, 0.15) is 0 Å². The zero-order valence-electron chi connectivity index (χ0n) is 17.1. The Hall–Kier alpha value is -2.38. The maximum atomic E-state index is 12.5. The van der Waals surface area contributed by atoms with Gasteiger partial charge in [0.2, 0.25) is 5.91 Å². The molecule has 1 aliphatic rings. The fourth-order valence-corrected chi connectivity index (χ4v) is 4.45. The zero-order valence-corrected chi connectivity index (χ0v) is 17.9. The number of hydrogen-bond donors (Lipinski definition) is 1. The van der Waals surface area contributed by atoms with Gasteiger partial charge in [0.25, 0.3) is 10.0 Å². The molecule has 2 aromatic rings. The standard InChI is InChI=1S/C22H29N3O3S/c1-3-24-14-16-25(17-15-24)22(26)13-8-19-6-11-21(12-7-19)29(27,28)23-20-9-4-18(2)5-10-20/h4-7,9-12,23H,3,8,13-17H2,1-2H3. The van der Waals surface area contributed by atoms with E-state index >= 15 is 0 Å². The van der Waals surface area contributed by atoms with E-state index < -0.39 is 10.0 Å². The van der Waals surface area contributed by atoms with Crippen molar-refractivity contribution in [3.63, 3.8) is 0 Å². The molecule has 0 atom stereocenters. The summed E-state index contributed by atoms with van der Waals surface area (Å²) >= 11 is 0. The Labute approximate surface area is 173 Å². The van der Waals surface area contributed by atoms with E-state index in [0.29, 0.717) is 18.5 Å². The normalized spacial score (nSPS) is 15.3. The number of carbonyl (C=O) groups excluding carboxylic acids is 1. The molecule has 2 aromatic carbocycles. The van der Waals surface area contributed by atoms with Crippen molar-refractivity contribution in [1.82, 2.24) is 9.80 Å². The maximum absolute atomic E-state index is 12.5. The Morgan fingerprint density at radius 1 is 0.966 bits per heavy atom. The first-order valence-corrected chi connectivity index (χ1v) is 11.5. The monoisotopic (exact) mass is 415 g/mol. The van der Waals surface area contributed by atoms with Crippen molar-refractivity contribution in [3.05, 3.63) is 59.7 Å². The third kappa shape index (κ3) is 5.81. The van der Waals surface area contributed by atoms with E-state index in [1.807, 2.05) is 24.0 Å². The third-order valence-corrected chi connectivity index (χ3v) is 6.73. The van der Waals surface area contributed by atoms with Gasteiger partial charge in [-0.05, 0) is 49.7 Å². The number of rotatable bonds is 7. The van der Waals surface area contributed by atoms with Gasteiger partial charge in [-0.2, -0.15) is 0 Å². The highest BCUT2D eigenvalue weighted by Crippen LogP contribution is 2.18. The van der Waals surface area contributed by atoms with Crippen LogP contribution in [0.5, 0.6) is 0 Å². The highest BCUT2D eigenvalue weighted by molar-refractivity contribution is 7.92. The SMILES string of the molecule is CCN1CCN(C(=O)CCc2ccc(S(=O)(=O)Nc3ccc(C)cc3)cc2)CC1. The second-order valence-corrected chi connectivity index (χ2v) is 9.11. The molecule has 1 amide bonds. The Kier molecular flexibility index (Phi) is 6.92. The molecule has 0 aromatic heterocycles. The van der Waals surface area contributed by atoms with Crippen LogP contribution in [-0.2, 0) is 21.2 Å². The number of benzene rings is 2. The van der Waals surface area contributed by atoms with E-state index in [0.717, 1.165) is 43.9 Å². The van der Waals surface area contributed by atoms with Crippen LogP contribution < -0.4 is 4.72 Å². The molecule has 7 heteroatoms. The van der Waals surface area contributed by atoms with E-state index in [4.69, 9.17) is 0 Å². The third-order valence-electron chi connectivity index (χ3n) is 5.34. The van der Waals surface area contributed by atoms with Crippen molar-refractivity contribution in [3.8, 4) is 0 Å². The first-order chi connectivity index (χ1) is 13.9. The van der Waals surface area contributed by atoms with Crippen LogP contribution in [0.25, 0.3) is 0 Å². The Morgan fingerprint density at radius 3 is 2.17 bits per heavy atom. The molecule has 0 saturated carbocycles. The maximum Gasteiger partial charge on any atom is 0.261 e. The summed E-state index contributed by atoms with van der Waals surface area (Å²) in [5.41, 5.74) is 2.56. The summed E-state index contributed by atoms with van der Waals surface area (Å²) in [7, 11) is -3.63. The number of likely N-dealkylation sites (N-methyl/N-ethyl adjacent to an activating group) is 1. The first kappa shape index (κ1) is 21.3. The summed E-state index contributed by atoms with van der Waals surface area (Å²) in [5, 5.41) is 0. The van der Waals surface area contributed by atoms with Crippen LogP contribution in [0, 0.1) is 6.92 Å². The number of nitrogens with zero attached hydrogens (tertiary/aromatic N) is 2. The van der Waals surface area contributed by atoms with Gasteiger partial charge in [0, 0.05) is 38.3 Å². The zero-order chi connectivity index (χ0) is 20.9. The molecule has 1 heterocycles. The van der Waals surface area contributed by atoms with Gasteiger partial charge >= 0.3 is 0 Å². The highest BCUT2D eigenvalue weighted by atomic mass is 32.2. The average molecular weight is 416 g/mol. The average Bonchev–Trinajstić information content (AvgIpc) is 2.74. The second kappa shape index (κ2) is 9.41. The molecule has 0 radical (unpaired) electrons. The minimum atomic E-state index is -3.63. The molecular weight excluding hydrogens is 386 g/mol. The van der Waals surface area contributed by atoms with E-state index in [1.165, 1.54) is 0 Å². The van der Waals surface area contributed by atoms with Crippen LogP contribution in [0.1, 0.15) is 24.5 Å². The number of piperazine rings is 1. The van der Waals surface area contributed by atoms with E-state index in [1.54, 1.807) is 36.4 Å². The van der Waals surface area contributed by atoms with Gasteiger partial charge in [-0.25, -0.2) is 8.42 Å². The summed E-state index contributed by atoms with van der Waals surface area (Å²) < 4.78 is 27.7. The van der Waals surface area contributed by atoms with Crippen LogP contribution in [0.3, 0.4) is 0 Å². The minimum Gasteiger partial charge on any atom is -0.340 e. The lowest BCUT2D eigenvalue weighted by Crippen LogP contribution is -2.48. The van der Waals surface area contributed by atoms with Gasteiger partial charge in [-0.15, -0.1) is 0 Å². The predicted molar refractivity (Wildman–Crippen MR) is 115 cm³/mol. The number of anilines is 1. The lowest BCUT2D eigenvalue weighted by atomic mass is 10.1. The summed E-state index contributed by atoms with van der Waals surface area (Å²) in [5.74, 6) is 0.165. The highest BCUT2D eigenvalue weighted by Gasteiger charge is 2.20. The van der Waals surface area contributed by atoms with Crippen LogP contribution >= 0.6 is 0 Å². The van der Waals surface area contributed by atoms with Crippen molar-refractivity contribution < 1.29 is 13.2 Å². The molecular formula is C22H29N3O3S. The minimum absolute atomic E-state index is 0.165. The largest absolute Gasteiger partial charge is 0.340 e.